The molecule has 2 heterocycles. The summed E-state index contributed by atoms with van der Waals surface area (Å²) in [6, 6.07) is 13.4. The Balaban J connectivity index is 1.76. The number of likely N-dealkylation sites (tertiary alicyclic amines) is 1. The topological polar surface area (TPSA) is 55.2 Å². The lowest BCUT2D eigenvalue weighted by molar-refractivity contribution is -0.134. The van der Waals surface area contributed by atoms with Crippen molar-refractivity contribution in [2.24, 2.45) is 0 Å². The maximum absolute atomic E-state index is 14.6. The van der Waals surface area contributed by atoms with Crippen LogP contribution in [0.5, 0.6) is 0 Å². The number of para-hydroxylation sites is 2. The second-order valence-corrected chi connectivity index (χ2v) is 9.16. The fourth-order valence-electron chi connectivity index (χ4n) is 4.19. The molecule has 1 aromatic heterocycles. The third kappa shape index (κ3) is 4.24. The van der Waals surface area contributed by atoms with Crippen LogP contribution >= 0.6 is 11.8 Å². The van der Waals surface area contributed by atoms with Crippen molar-refractivity contribution < 1.29 is 9.18 Å². The van der Waals surface area contributed by atoms with Gasteiger partial charge in [0.15, 0.2) is 5.16 Å². The highest BCUT2D eigenvalue weighted by molar-refractivity contribution is 8.00. The molecule has 0 aliphatic carbocycles. The summed E-state index contributed by atoms with van der Waals surface area (Å²) in [5.41, 5.74) is 0.325. The van der Waals surface area contributed by atoms with Gasteiger partial charge in [-0.1, -0.05) is 43.0 Å². The van der Waals surface area contributed by atoms with Crippen molar-refractivity contribution in [1.29, 1.82) is 0 Å². The molecule has 1 amide bonds. The first-order valence-electron chi connectivity index (χ1n) is 10.7. The highest BCUT2D eigenvalue weighted by Gasteiger charge is 2.30. The van der Waals surface area contributed by atoms with E-state index in [1.54, 1.807) is 36.4 Å². The van der Waals surface area contributed by atoms with E-state index in [2.05, 4.69) is 11.9 Å². The summed E-state index contributed by atoms with van der Waals surface area (Å²) >= 11 is 1.21. The molecule has 1 saturated heterocycles. The van der Waals surface area contributed by atoms with E-state index in [1.165, 1.54) is 22.4 Å². The van der Waals surface area contributed by atoms with Gasteiger partial charge in [0.2, 0.25) is 5.91 Å². The maximum Gasteiger partial charge on any atom is 0.266 e. The van der Waals surface area contributed by atoms with Crippen LogP contribution in [0, 0.1) is 5.82 Å². The first kappa shape index (κ1) is 21.6. The molecule has 3 aromatic rings. The van der Waals surface area contributed by atoms with Crippen molar-refractivity contribution in [3.8, 4) is 5.69 Å². The summed E-state index contributed by atoms with van der Waals surface area (Å²) in [6.07, 6.45) is 4.10. The number of carbonyl (C=O) groups excluding carboxylic acids is 1. The molecule has 2 unspecified atom stereocenters. The molecular weight excluding hydrogens is 413 g/mol. The van der Waals surface area contributed by atoms with Crippen molar-refractivity contribution >= 4 is 28.6 Å². The van der Waals surface area contributed by atoms with E-state index in [1.807, 2.05) is 17.9 Å². The van der Waals surface area contributed by atoms with E-state index in [-0.39, 0.29) is 23.2 Å². The molecule has 0 saturated carbocycles. The van der Waals surface area contributed by atoms with E-state index in [0.29, 0.717) is 16.1 Å². The van der Waals surface area contributed by atoms with E-state index >= 15 is 0 Å². The van der Waals surface area contributed by atoms with Gasteiger partial charge in [-0.3, -0.25) is 14.2 Å². The minimum Gasteiger partial charge on any atom is -0.339 e. The highest BCUT2D eigenvalue weighted by atomic mass is 32.2. The van der Waals surface area contributed by atoms with Crippen LogP contribution in [0.2, 0.25) is 0 Å². The lowest BCUT2D eigenvalue weighted by Gasteiger charge is -2.36. The van der Waals surface area contributed by atoms with Gasteiger partial charge in [0.25, 0.3) is 5.56 Å². The number of aromatic nitrogens is 2. The Hall–Kier alpha value is -2.67. The molecule has 0 spiro atoms. The Kier molecular flexibility index (Phi) is 6.41. The molecule has 0 radical (unpaired) electrons. The van der Waals surface area contributed by atoms with Gasteiger partial charge in [-0.05, 0) is 56.9 Å². The molecule has 1 aliphatic heterocycles. The Labute approximate surface area is 185 Å². The van der Waals surface area contributed by atoms with E-state index in [4.69, 9.17) is 0 Å². The van der Waals surface area contributed by atoms with Gasteiger partial charge >= 0.3 is 0 Å². The predicted molar refractivity (Wildman–Crippen MR) is 122 cm³/mol. The molecule has 1 aliphatic rings. The largest absolute Gasteiger partial charge is 0.339 e. The molecule has 7 heteroatoms. The van der Waals surface area contributed by atoms with Gasteiger partial charge in [0, 0.05) is 12.6 Å². The zero-order valence-electron chi connectivity index (χ0n) is 17.8. The van der Waals surface area contributed by atoms with Crippen LogP contribution in [0.3, 0.4) is 0 Å². The van der Waals surface area contributed by atoms with Gasteiger partial charge < -0.3 is 4.90 Å². The summed E-state index contributed by atoms with van der Waals surface area (Å²) in [7, 11) is 0. The van der Waals surface area contributed by atoms with Crippen LogP contribution < -0.4 is 5.56 Å². The molecular formula is C24H26FN3O2S. The zero-order chi connectivity index (χ0) is 22.0. The molecule has 2 atom stereocenters. The van der Waals surface area contributed by atoms with E-state index < -0.39 is 11.1 Å². The number of rotatable bonds is 5. The summed E-state index contributed by atoms with van der Waals surface area (Å²) in [5.74, 6) is -0.469. The number of halogens is 1. The summed E-state index contributed by atoms with van der Waals surface area (Å²) in [4.78, 5) is 33.2. The molecule has 162 valence electrons. The van der Waals surface area contributed by atoms with Gasteiger partial charge in [0.05, 0.1) is 21.8 Å². The first-order valence-corrected chi connectivity index (χ1v) is 11.6. The van der Waals surface area contributed by atoms with Crippen LogP contribution in [-0.2, 0) is 4.79 Å². The smallest absolute Gasteiger partial charge is 0.266 e. The fraction of sp³-hybridized carbons (Fsp3) is 0.375. The van der Waals surface area contributed by atoms with Gasteiger partial charge in [-0.15, -0.1) is 0 Å². The number of piperidine rings is 1. The number of fused-ring (bicyclic) bond motifs is 1. The van der Waals surface area contributed by atoms with Crippen LogP contribution in [0.25, 0.3) is 16.6 Å². The van der Waals surface area contributed by atoms with E-state index in [0.717, 1.165) is 32.2 Å². The molecule has 0 bridgehead atoms. The second-order valence-electron chi connectivity index (χ2n) is 7.85. The number of thioether (sulfide) groups is 1. The summed E-state index contributed by atoms with van der Waals surface area (Å²) < 4.78 is 15.9. The molecule has 5 nitrogen and oxygen atoms in total. The van der Waals surface area contributed by atoms with Crippen LogP contribution in [0.4, 0.5) is 4.39 Å². The Bertz CT molecular complexity index is 1160. The third-order valence-corrected chi connectivity index (χ3v) is 6.89. The number of hydrogen-bond donors (Lipinski definition) is 0. The Morgan fingerprint density at radius 1 is 1.19 bits per heavy atom. The Morgan fingerprint density at radius 2 is 1.94 bits per heavy atom. The molecule has 0 N–H and O–H groups in total. The lowest BCUT2D eigenvalue weighted by atomic mass is 10.00. The van der Waals surface area contributed by atoms with Crippen molar-refractivity contribution in [2.75, 3.05) is 6.54 Å². The fourth-order valence-corrected chi connectivity index (χ4v) is 5.18. The van der Waals surface area contributed by atoms with Gasteiger partial charge in [-0.2, -0.15) is 0 Å². The normalized spacial score (nSPS) is 17.6. The molecule has 31 heavy (non-hydrogen) atoms. The lowest BCUT2D eigenvalue weighted by Crippen LogP contribution is -2.46. The van der Waals surface area contributed by atoms with Crippen molar-refractivity contribution in [1.82, 2.24) is 14.5 Å². The average Bonchev–Trinajstić information content (AvgIpc) is 2.79. The van der Waals surface area contributed by atoms with E-state index in [9.17, 15) is 14.0 Å². The van der Waals surface area contributed by atoms with Gasteiger partial charge in [0.1, 0.15) is 5.82 Å². The highest BCUT2D eigenvalue weighted by Crippen LogP contribution is 2.29. The van der Waals surface area contributed by atoms with Crippen LogP contribution in [-0.4, -0.2) is 38.2 Å². The average molecular weight is 440 g/mol. The Morgan fingerprint density at radius 3 is 2.71 bits per heavy atom. The van der Waals surface area contributed by atoms with Crippen LogP contribution in [0.15, 0.2) is 58.5 Å². The monoisotopic (exact) mass is 439 g/mol. The maximum atomic E-state index is 14.6. The quantitative estimate of drug-likeness (QED) is 0.423. The molecule has 2 aromatic carbocycles. The first-order chi connectivity index (χ1) is 15.0. The van der Waals surface area contributed by atoms with Crippen LogP contribution in [0.1, 0.15) is 39.5 Å². The SMILES string of the molecule is CCC1CCCCN1C(=O)C(C)Sc1nc2ccccc2c(=O)n1-c1ccccc1F. The molecule has 1 fully saturated rings. The molecule has 4 rings (SSSR count). The summed E-state index contributed by atoms with van der Waals surface area (Å²) in [6.45, 7) is 4.70. The predicted octanol–water partition coefficient (Wildman–Crippen LogP) is 4.80. The third-order valence-electron chi connectivity index (χ3n) is 5.85. The minimum atomic E-state index is -0.510. The number of carbonyl (C=O) groups is 1. The van der Waals surface area contributed by atoms with Crippen molar-refractivity contribution in [3.63, 3.8) is 0 Å². The number of benzene rings is 2. The summed E-state index contributed by atoms with van der Waals surface area (Å²) in [5, 5.41) is 0.286. The van der Waals surface area contributed by atoms with Crippen molar-refractivity contribution in [3.05, 3.63) is 64.7 Å². The van der Waals surface area contributed by atoms with Gasteiger partial charge in [-0.25, -0.2) is 9.37 Å². The number of hydrogen-bond acceptors (Lipinski definition) is 4. The zero-order valence-corrected chi connectivity index (χ0v) is 18.6. The standard InChI is InChI=1S/C24H26FN3O2S/c1-3-17-10-8-9-15-27(17)22(29)16(2)31-24-26-20-13-6-4-11-18(20)23(30)28(24)21-14-7-5-12-19(21)25/h4-7,11-14,16-17H,3,8-10,15H2,1-2H3. The van der Waals surface area contributed by atoms with Crippen molar-refractivity contribution in [2.45, 2.75) is 56.0 Å². The second kappa shape index (κ2) is 9.22. The number of amides is 1. The number of nitrogens with zero attached hydrogens (tertiary/aromatic N) is 3. The minimum absolute atomic E-state index is 0.0408.